The van der Waals surface area contributed by atoms with Crippen LogP contribution < -0.4 is 5.32 Å². The molecule has 3 nitrogen and oxygen atoms in total. The van der Waals surface area contributed by atoms with Crippen LogP contribution in [0.5, 0.6) is 0 Å². The molecule has 0 spiro atoms. The fourth-order valence-corrected chi connectivity index (χ4v) is 2.29. The van der Waals surface area contributed by atoms with Gasteiger partial charge in [-0.2, -0.15) is 0 Å². The molecule has 1 saturated heterocycles. The van der Waals surface area contributed by atoms with E-state index in [-0.39, 0.29) is 0 Å². The first kappa shape index (κ1) is 10.7. The summed E-state index contributed by atoms with van der Waals surface area (Å²) in [4.78, 5) is 4.45. The van der Waals surface area contributed by atoms with E-state index in [4.69, 9.17) is 0 Å². The third-order valence-electron chi connectivity index (χ3n) is 3.11. The standard InChI is InChI=1S/C12H21N3/c1-2-8-15-9-7-14-12(15)10-11-5-3-4-6-13-11/h7,9,11,13H,2-6,8,10H2,1H3. The van der Waals surface area contributed by atoms with Crippen LogP contribution in [0.4, 0.5) is 0 Å². The Bertz CT molecular complexity index is 287. The minimum atomic E-state index is 0.650. The van der Waals surface area contributed by atoms with Gasteiger partial charge in [-0.3, -0.25) is 0 Å². The molecule has 0 radical (unpaired) electrons. The van der Waals surface area contributed by atoms with Gasteiger partial charge in [-0.15, -0.1) is 0 Å². The SMILES string of the molecule is CCCn1ccnc1CC1CCCCN1. The summed E-state index contributed by atoms with van der Waals surface area (Å²) in [7, 11) is 0. The van der Waals surface area contributed by atoms with E-state index in [9.17, 15) is 0 Å². The van der Waals surface area contributed by atoms with Crippen LogP contribution in [-0.4, -0.2) is 22.1 Å². The lowest BCUT2D eigenvalue weighted by atomic mass is 10.0. The van der Waals surface area contributed by atoms with Gasteiger partial charge in [0, 0.05) is 31.4 Å². The Morgan fingerprint density at radius 1 is 1.53 bits per heavy atom. The zero-order valence-electron chi connectivity index (χ0n) is 9.58. The van der Waals surface area contributed by atoms with Crippen molar-refractivity contribution < 1.29 is 0 Å². The van der Waals surface area contributed by atoms with Crippen molar-refractivity contribution in [3.63, 3.8) is 0 Å². The molecule has 3 heteroatoms. The van der Waals surface area contributed by atoms with Crippen molar-refractivity contribution in [2.45, 2.75) is 51.6 Å². The highest BCUT2D eigenvalue weighted by molar-refractivity contribution is 4.96. The van der Waals surface area contributed by atoms with Gasteiger partial charge < -0.3 is 9.88 Å². The van der Waals surface area contributed by atoms with Gasteiger partial charge in [-0.1, -0.05) is 13.3 Å². The smallest absolute Gasteiger partial charge is 0.110 e. The van der Waals surface area contributed by atoms with E-state index in [2.05, 4.69) is 28.0 Å². The number of rotatable bonds is 4. The predicted molar refractivity (Wildman–Crippen MR) is 61.9 cm³/mol. The second-order valence-electron chi connectivity index (χ2n) is 4.39. The number of nitrogens with one attached hydrogen (secondary N) is 1. The summed E-state index contributed by atoms with van der Waals surface area (Å²) >= 11 is 0. The highest BCUT2D eigenvalue weighted by Crippen LogP contribution is 2.12. The van der Waals surface area contributed by atoms with Gasteiger partial charge in [0.2, 0.25) is 0 Å². The second kappa shape index (κ2) is 5.31. The largest absolute Gasteiger partial charge is 0.335 e. The summed E-state index contributed by atoms with van der Waals surface area (Å²) in [6.07, 6.45) is 10.3. The fourth-order valence-electron chi connectivity index (χ4n) is 2.29. The van der Waals surface area contributed by atoms with Crippen molar-refractivity contribution in [2.75, 3.05) is 6.54 Å². The Kier molecular flexibility index (Phi) is 3.78. The molecule has 84 valence electrons. The van der Waals surface area contributed by atoms with Crippen LogP contribution in [0.1, 0.15) is 38.4 Å². The topological polar surface area (TPSA) is 29.9 Å². The molecule has 0 bridgehead atoms. The molecule has 0 saturated carbocycles. The fraction of sp³-hybridized carbons (Fsp3) is 0.750. The molecule has 0 aromatic carbocycles. The molecule has 2 heterocycles. The molecule has 1 aromatic heterocycles. The van der Waals surface area contributed by atoms with Crippen LogP contribution >= 0.6 is 0 Å². The minimum absolute atomic E-state index is 0.650. The summed E-state index contributed by atoms with van der Waals surface area (Å²) in [5, 5.41) is 3.57. The van der Waals surface area contributed by atoms with E-state index in [1.54, 1.807) is 0 Å². The third kappa shape index (κ3) is 2.81. The highest BCUT2D eigenvalue weighted by Gasteiger charge is 2.15. The molecule has 1 N–H and O–H groups in total. The number of hydrogen-bond donors (Lipinski definition) is 1. The number of aryl methyl sites for hydroxylation is 1. The monoisotopic (exact) mass is 207 g/mol. The first-order valence-electron chi connectivity index (χ1n) is 6.13. The van der Waals surface area contributed by atoms with Crippen LogP contribution in [0.3, 0.4) is 0 Å². The molecule has 0 amide bonds. The normalized spacial score (nSPS) is 21.8. The second-order valence-corrected chi connectivity index (χ2v) is 4.39. The maximum absolute atomic E-state index is 4.45. The maximum atomic E-state index is 4.45. The zero-order valence-corrected chi connectivity index (χ0v) is 9.58. The van der Waals surface area contributed by atoms with Gasteiger partial charge in [-0.05, 0) is 25.8 Å². The van der Waals surface area contributed by atoms with Gasteiger partial charge in [0.25, 0.3) is 0 Å². The lowest BCUT2D eigenvalue weighted by molar-refractivity contribution is 0.389. The minimum Gasteiger partial charge on any atom is -0.335 e. The molecule has 15 heavy (non-hydrogen) atoms. The molecular weight excluding hydrogens is 186 g/mol. The Hall–Kier alpha value is -0.830. The lowest BCUT2D eigenvalue weighted by Crippen LogP contribution is -2.36. The van der Waals surface area contributed by atoms with Gasteiger partial charge >= 0.3 is 0 Å². The number of nitrogens with zero attached hydrogens (tertiary/aromatic N) is 2. The molecular formula is C12H21N3. The van der Waals surface area contributed by atoms with Crippen LogP contribution in [-0.2, 0) is 13.0 Å². The Labute approximate surface area is 91.9 Å². The quantitative estimate of drug-likeness (QED) is 0.818. The molecule has 2 rings (SSSR count). The van der Waals surface area contributed by atoms with Gasteiger partial charge in [0.05, 0.1) is 0 Å². The Morgan fingerprint density at radius 2 is 2.47 bits per heavy atom. The van der Waals surface area contributed by atoms with Crippen LogP contribution in [0.2, 0.25) is 0 Å². The van der Waals surface area contributed by atoms with Crippen molar-refractivity contribution in [1.82, 2.24) is 14.9 Å². The summed E-state index contributed by atoms with van der Waals surface area (Å²) < 4.78 is 2.29. The van der Waals surface area contributed by atoms with E-state index in [0.29, 0.717) is 6.04 Å². The molecule has 1 atom stereocenters. The summed E-state index contributed by atoms with van der Waals surface area (Å²) in [5.74, 6) is 1.25. The molecule has 1 unspecified atom stereocenters. The average Bonchev–Trinajstić information content (AvgIpc) is 2.68. The number of imidazole rings is 1. The van der Waals surface area contributed by atoms with E-state index < -0.39 is 0 Å². The molecule has 1 aliphatic rings. The maximum Gasteiger partial charge on any atom is 0.110 e. The molecule has 1 aliphatic heterocycles. The zero-order chi connectivity index (χ0) is 10.5. The number of hydrogen-bond acceptors (Lipinski definition) is 2. The van der Waals surface area contributed by atoms with Crippen molar-refractivity contribution in [2.24, 2.45) is 0 Å². The lowest BCUT2D eigenvalue weighted by Gasteiger charge is -2.23. The Balaban J connectivity index is 1.93. The van der Waals surface area contributed by atoms with Crippen molar-refractivity contribution in [3.8, 4) is 0 Å². The number of aromatic nitrogens is 2. The average molecular weight is 207 g/mol. The van der Waals surface area contributed by atoms with Gasteiger partial charge in [-0.25, -0.2) is 4.98 Å². The van der Waals surface area contributed by atoms with E-state index in [1.807, 2.05) is 6.20 Å². The van der Waals surface area contributed by atoms with Crippen molar-refractivity contribution >= 4 is 0 Å². The van der Waals surface area contributed by atoms with Gasteiger partial charge in [0.1, 0.15) is 5.82 Å². The summed E-state index contributed by atoms with van der Waals surface area (Å²) in [6.45, 7) is 4.49. The predicted octanol–water partition coefficient (Wildman–Crippen LogP) is 1.98. The molecule has 0 aliphatic carbocycles. The Morgan fingerprint density at radius 3 is 3.20 bits per heavy atom. The van der Waals surface area contributed by atoms with Crippen LogP contribution in [0, 0.1) is 0 Å². The molecule has 1 fully saturated rings. The highest BCUT2D eigenvalue weighted by atomic mass is 15.1. The first-order chi connectivity index (χ1) is 7.40. The summed E-state index contributed by atoms with van der Waals surface area (Å²) in [5.41, 5.74) is 0. The summed E-state index contributed by atoms with van der Waals surface area (Å²) in [6, 6.07) is 0.650. The van der Waals surface area contributed by atoms with E-state index in [0.717, 1.165) is 13.0 Å². The van der Waals surface area contributed by atoms with Gasteiger partial charge in [0.15, 0.2) is 0 Å². The van der Waals surface area contributed by atoms with E-state index >= 15 is 0 Å². The van der Waals surface area contributed by atoms with Crippen molar-refractivity contribution in [3.05, 3.63) is 18.2 Å². The third-order valence-corrected chi connectivity index (χ3v) is 3.11. The molecule has 1 aromatic rings. The van der Waals surface area contributed by atoms with Crippen molar-refractivity contribution in [1.29, 1.82) is 0 Å². The van der Waals surface area contributed by atoms with E-state index in [1.165, 1.54) is 38.1 Å². The first-order valence-corrected chi connectivity index (χ1v) is 6.13. The van der Waals surface area contributed by atoms with Crippen LogP contribution in [0.15, 0.2) is 12.4 Å². The number of piperidine rings is 1. The van der Waals surface area contributed by atoms with Crippen LogP contribution in [0.25, 0.3) is 0 Å².